The van der Waals surface area contributed by atoms with Crippen molar-refractivity contribution in [2.24, 2.45) is 5.41 Å². The molecule has 2 saturated heterocycles. The quantitative estimate of drug-likeness (QED) is 0.836. The zero-order chi connectivity index (χ0) is 18.6. The lowest BCUT2D eigenvalue weighted by molar-refractivity contribution is -0.146. The second-order valence-corrected chi connectivity index (χ2v) is 7.41. The van der Waals surface area contributed by atoms with Crippen molar-refractivity contribution in [3.05, 3.63) is 35.4 Å². The fraction of sp³-hybridized carbons (Fsp3) is 0.600. The zero-order valence-corrected chi connectivity index (χ0v) is 15.8. The number of hydrogen-bond donors (Lipinski definition) is 1. The normalized spacial score (nSPS) is 23.6. The highest BCUT2D eigenvalue weighted by molar-refractivity contribution is 5.93. The Balaban J connectivity index is 1.61. The molecule has 0 saturated carbocycles. The summed E-state index contributed by atoms with van der Waals surface area (Å²) in [4.78, 5) is 29.0. The molecule has 2 aliphatic heterocycles. The third-order valence-corrected chi connectivity index (χ3v) is 5.67. The molecule has 1 atom stereocenters. The lowest BCUT2D eigenvalue weighted by Crippen LogP contribution is -2.50. The van der Waals surface area contributed by atoms with Gasteiger partial charge in [-0.1, -0.05) is 12.1 Å². The summed E-state index contributed by atoms with van der Waals surface area (Å²) in [5.74, 6) is 0.235. The Morgan fingerprint density at radius 2 is 2.00 bits per heavy atom. The molecule has 1 aromatic rings. The number of benzene rings is 1. The van der Waals surface area contributed by atoms with Crippen molar-refractivity contribution in [3.8, 4) is 0 Å². The van der Waals surface area contributed by atoms with Crippen molar-refractivity contribution in [2.75, 3.05) is 46.9 Å². The average molecular weight is 359 g/mol. The van der Waals surface area contributed by atoms with Gasteiger partial charge in [0.05, 0.1) is 12.0 Å². The first-order chi connectivity index (χ1) is 12.6. The van der Waals surface area contributed by atoms with Gasteiger partial charge >= 0.3 is 0 Å². The molecule has 0 aromatic heterocycles. The van der Waals surface area contributed by atoms with Crippen molar-refractivity contribution in [1.82, 2.24) is 15.1 Å². The number of ether oxygens (including phenoxy) is 1. The minimum Gasteiger partial charge on any atom is -0.383 e. The fourth-order valence-electron chi connectivity index (χ4n) is 4.20. The molecule has 2 amide bonds. The standard InChI is InChI=1S/C20H29N3O3/c1-21-18(24)17-6-4-16(5-7-17)14-22-11-9-20(15-22)8-3-10-23(19(20)25)12-13-26-2/h4-7H,3,8-15H2,1-2H3,(H,21,24)/t20-/m0/s1. The van der Waals surface area contributed by atoms with Gasteiger partial charge in [0.1, 0.15) is 0 Å². The predicted octanol–water partition coefficient (Wildman–Crippen LogP) is 1.51. The first-order valence-corrected chi connectivity index (χ1v) is 9.40. The third-order valence-electron chi connectivity index (χ3n) is 5.67. The number of nitrogens with one attached hydrogen (secondary N) is 1. The summed E-state index contributed by atoms with van der Waals surface area (Å²) < 4.78 is 5.15. The van der Waals surface area contributed by atoms with E-state index in [0.29, 0.717) is 24.6 Å². The van der Waals surface area contributed by atoms with Crippen LogP contribution in [0.15, 0.2) is 24.3 Å². The van der Waals surface area contributed by atoms with Crippen LogP contribution < -0.4 is 5.32 Å². The topological polar surface area (TPSA) is 61.9 Å². The molecule has 2 fully saturated rings. The third kappa shape index (κ3) is 3.91. The van der Waals surface area contributed by atoms with Crippen LogP contribution in [0.1, 0.15) is 35.2 Å². The molecule has 142 valence electrons. The van der Waals surface area contributed by atoms with E-state index in [0.717, 1.165) is 45.4 Å². The highest BCUT2D eigenvalue weighted by atomic mass is 16.5. The second kappa shape index (κ2) is 8.18. The van der Waals surface area contributed by atoms with Crippen LogP contribution >= 0.6 is 0 Å². The summed E-state index contributed by atoms with van der Waals surface area (Å²) in [6.45, 7) is 4.74. The van der Waals surface area contributed by atoms with Gasteiger partial charge in [0.2, 0.25) is 5.91 Å². The maximum atomic E-state index is 13.0. The molecule has 6 heteroatoms. The highest BCUT2D eigenvalue weighted by Crippen LogP contribution is 2.40. The van der Waals surface area contributed by atoms with Crippen molar-refractivity contribution < 1.29 is 14.3 Å². The van der Waals surface area contributed by atoms with Gasteiger partial charge in [0, 0.05) is 45.9 Å². The SMILES string of the molecule is CNC(=O)c1ccc(CN2CC[C@@]3(CCCN(CCOC)C3=O)C2)cc1. The van der Waals surface area contributed by atoms with Crippen molar-refractivity contribution in [3.63, 3.8) is 0 Å². The van der Waals surface area contributed by atoms with Crippen LogP contribution in [0.5, 0.6) is 0 Å². The smallest absolute Gasteiger partial charge is 0.251 e. The number of piperidine rings is 1. The van der Waals surface area contributed by atoms with E-state index >= 15 is 0 Å². The van der Waals surface area contributed by atoms with Gasteiger partial charge in [-0.25, -0.2) is 0 Å². The molecule has 1 aromatic carbocycles. The van der Waals surface area contributed by atoms with Crippen molar-refractivity contribution in [2.45, 2.75) is 25.8 Å². The summed E-state index contributed by atoms with van der Waals surface area (Å²) in [5.41, 5.74) is 1.63. The minimum atomic E-state index is -0.214. The first-order valence-electron chi connectivity index (χ1n) is 9.40. The summed E-state index contributed by atoms with van der Waals surface area (Å²) in [6.07, 6.45) is 3.00. The summed E-state index contributed by atoms with van der Waals surface area (Å²) in [5, 5.41) is 2.64. The summed E-state index contributed by atoms with van der Waals surface area (Å²) in [7, 11) is 3.31. The van der Waals surface area contributed by atoms with E-state index in [1.54, 1.807) is 14.2 Å². The number of likely N-dealkylation sites (tertiary alicyclic amines) is 2. The maximum absolute atomic E-state index is 13.0. The van der Waals surface area contributed by atoms with E-state index in [1.165, 1.54) is 5.56 Å². The molecule has 0 unspecified atom stereocenters. The van der Waals surface area contributed by atoms with Gasteiger partial charge in [0.15, 0.2) is 0 Å². The number of amides is 2. The van der Waals surface area contributed by atoms with Gasteiger partial charge in [-0.15, -0.1) is 0 Å². The van der Waals surface area contributed by atoms with Gasteiger partial charge in [-0.2, -0.15) is 0 Å². The molecule has 26 heavy (non-hydrogen) atoms. The number of rotatable bonds is 6. The lowest BCUT2D eigenvalue weighted by atomic mass is 9.78. The Kier molecular flexibility index (Phi) is 5.94. The largest absolute Gasteiger partial charge is 0.383 e. The molecule has 3 rings (SSSR count). The Morgan fingerprint density at radius 1 is 1.23 bits per heavy atom. The van der Waals surface area contributed by atoms with Crippen LogP contribution in [-0.2, 0) is 16.1 Å². The molecule has 0 bridgehead atoms. The Labute approximate surface area is 155 Å². The van der Waals surface area contributed by atoms with E-state index in [2.05, 4.69) is 10.2 Å². The van der Waals surface area contributed by atoms with E-state index in [9.17, 15) is 9.59 Å². The highest BCUT2D eigenvalue weighted by Gasteiger charge is 2.47. The molecular weight excluding hydrogens is 330 g/mol. The zero-order valence-electron chi connectivity index (χ0n) is 15.8. The molecule has 2 heterocycles. The Morgan fingerprint density at radius 3 is 2.69 bits per heavy atom. The predicted molar refractivity (Wildman–Crippen MR) is 99.8 cm³/mol. The second-order valence-electron chi connectivity index (χ2n) is 7.41. The monoisotopic (exact) mass is 359 g/mol. The van der Waals surface area contributed by atoms with Crippen LogP contribution in [0.25, 0.3) is 0 Å². The van der Waals surface area contributed by atoms with E-state index in [1.807, 2.05) is 29.2 Å². The fourth-order valence-corrected chi connectivity index (χ4v) is 4.20. The van der Waals surface area contributed by atoms with Crippen LogP contribution in [0.4, 0.5) is 0 Å². The van der Waals surface area contributed by atoms with E-state index < -0.39 is 0 Å². The Hall–Kier alpha value is -1.92. The first kappa shape index (κ1) is 18.9. The van der Waals surface area contributed by atoms with Crippen molar-refractivity contribution in [1.29, 1.82) is 0 Å². The van der Waals surface area contributed by atoms with Crippen LogP contribution in [0.2, 0.25) is 0 Å². The number of methoxy groups -OCH3 is 1. The molecule has 1 spiro atoms. The summed E-state index contributed by atoms with van der Waals surface area (Å²) in [6, 6.07) is 7.73. The molecule has 0 aliphatic carbocycles. The average Bonchev–Trinajstić information content (AvgIpc) is 3.06. The van der Waals surface area contributed by atoms with Crippen LogP contribution in [-0.4, -0.2) is 68.6 Å². The lowest BCUT2D eigenvalue weighted by Gasteiger charge is -2.39. The van der Waals surface area contributed by atoms with Crippen LogP contribution in [0, 0.1) is 5.41 Å². The summed E-state index contributed by atoms with van der Waals surface area (Å²) >= 11 is 0. The van der Waals surface area contributed by atoms with Gasteiger partial charge in [-0.05, 0) is 43.5 Å². The number of nitrogens with zero attached hydrogens (tertiary/aromatic N) is 2. The number of carbonyl (C=O) groups is 2. The molecule has 2 aliphatic rings. The molecular formula is C20H29N3O3. The number of hydrogen-bond acceptors (Lipinski definition) is 4. The maximum Gasteiger partial charge on any atom is 0.251 e. The number of carbonyl (C=O) groups excluding carboxylic acids is 2. The van der Waals surface area contributed by atoms with Crippen LogP contribution in [0.3, 0.4) is 0 Å². The molecule has 6 nitrogen and oxygen atoms in total. The van der Waals surface area contributed by atoms with Gasteiger partial charge < -0.3 is 15.0 Å². The van der Waals surface area contributed by atoms with Gasteiger partial charge in [0.25, 0.3) is 5.91 Å². The van der Waals surface area contributed by atoms with Crippen molar-refractivity contribution >= 4 is 11.8 Å². The van der Waals surface area contributed by atoms with Gasteiger partial charge in [-0.3, -0.25) is 14.5 Å². The minimum absolute atomic E-state index is 0.0689. The molecule has 0 radical (unpaired) electrons. The van der Waals surface area contributed by atoms with E-state index in [4.69, 9.17) is 4.74 Å². The Bertz CT molecular complexity index is 646. The van der Waals surface area contributed by atoms with E-state index in [-0.39, 0.29) is 11.3 Å². The molecule has 1 N–H and O–H groups in total.